The minimum Gasteiger partial charge on any atom is -0.301 e. The van der Waals surface area contributed by atoms with Gasteiger partial charge in [-0.3, -0.25) is 28.2 Å². The summed E-state index contributed by atoms with van der Waals surface area (Å²) in [5.74, 6) is 0. The van der Waals surface area contributed by atoms with Crippen molar-refractivity contribution in [2.75, 3.05) is 10.9 Å². The van der Waals surface area contributed by atoms with Gasteiger partial charge in [-0.05, 0) is 46.2 Å². The van der Waals surface area contributed by atoms with Gasteiger partial charge in [-0.25, -0.2) is 0 Å². The standard InChI is InChI=1S/C20H20N2O15S5/c23-38(24,25)18-8-14-10-19(39(26,27)28,40(29,30)31)11-20(41(32,33)34,42(35,36)37)16(14)9-17(18)22-21-15-6-5-12-3-1-2-4-13(12)7-15/h1-9,21-22H,10-11H2,(H,23,24,25)(H,26,27,28)(H,29,30,31)(H,32,33,34)(H,35,36,37). The Kier molecular flexibility index (Phi) is 7.46. The molecule has 0 aliphatic heterocycles. The highest BCUT2D eigenvalue weighted by molar-refractivity contribution is 8.06. The molecular weight excluding hydrogens is 669 g/mol. The van der Waals surface area contributed by atoms with Crippen LogP contribution < -0.4 is 10.9 Å². The van der Waals surface area contributed by atoms with Crippen LogP contribution >= 0.6 is 0 Å². The van der Waals surface area contributed by atoms with E-state index in [9.17, 15) is 64.9 Å². The Balaban J connectivity index is 2.05. The van der Waals surface area contributed by atoms with Gasteiger partial charge in [0.2, 0.25) is 8.16 Å². The van der Waals surface area contributed by atoms with Crippen molar-refractivity contribution in [1.29, 1.82) is 0 Å². The van der Waals surface area contributed by atoms with Crippen LogP contribution in [-0.2, 0) is 61.1 Å². The van der Waals surface area contributed by atoms with E-state index in [1.54, 1.807) is 36.4 Å². The van der Waals surface area contributed by atoms with E-state index in [1.165, 1.54) is 6.07 Å². The van der Waals surface area contributed by atoms with Crippen LogP contribution in [0.25, 0.3) is 10.8 Å². The van der Waals surface area contributed by atoms with Crippen molar-refractivity contribution in [3.05, 3.63) is 65.7 Å². The molecule has 0 spiro atoms. The van der Waals surface area contributed by atoms with Crippen LogP contribution in [0.1, 0.15) is 17.5 Å². The minimum atomic E-state index is -6.36. The van der Waals surface area contributed by atoms with Crippen LogP contribution in [0.5, 0.6) is 0 Å². The number of hydrazine groups is 1. The van der Waals surface area contributed by atoms with Crippen molar-refractivity contribution >= 4 is 72.7 Å². The van der Waals surface area contributed by atoms with E-state index in [0.29, 0.717) is 11.5 Å². The molecule has 230 valence electrons. The Morgan fingerprint density at radius 2 is 1.17 bits per heavy atom. The third kappa shape index (κ3) is 5.12. The fraction of sp³-hybridized carbons (Fsp3) is 0.200. The van der Waals surface area contributed by atoms with E-state index in [1.807, 2.05) is 0 Å². The van der Waals surface area contributed by atoms with Crippen molar-refractivity contribution in [1.82, 2.24) is 0 Å². The zero-order chi connectivity index (χ0) is 31.7. The van der Waals surface area contributed by atoms with Gasteiger partial charge in [0.25, 0.3) is 50.6 Å². The predicted molar refractivity (Wildman–Crippen MR) is 146 cm³/mol. The molecule has 17 nitrogen and oxygen atoms in total. The van der Waals surface area contributed by atoms with Gasteiger partial charge in [0.15, 0.2) is 0 Å². The number of nitrogens with one attached hydrogen (secondary N) is 2. The largest absolute Gasteiger partial charge is 0.301 e. The van der Waals surface area contributed by atoms with Crippen molar-refractivity contribution in [2.45, 2.75) is 25.9 Å². The molecule has 3 aromatic rings. The van der Waals surface area contributed by atoms with Crippen molar-refractivity contribution in [2.24, 2.45) is 0 Å². The summed E-state index contributed by atoms with van der Waals surface area (Å²) >= 11 is 0. The number of hydrogen-bond acceptors (Lipinski definition) is 12. The smallest absolute Gasteiger partial charge is 0.296 e. The second-order valence-electron chi connectivity index (χ2n) is 9.21. The first-order valence-electron chi connectivity index (χ1n) is 11.0. The fourth-order valence-electron chi connectivity index (χ4n) is 4.73. The Bertz CT molecular complexity index is 2110. The lowest BCUT2D eigenvalue weighted by atomic mass is 9.89. The van der Waals surface area contributed by atoms with Gasteiger partial charge < -0.3 is 5.43 Å². The molecule has 0 aromatic heterocycles. The van der Waals surface area contributed by atoms with E-state index < -0.39 is 93.3 Å². The highest BCUT2D eigenvalue weighted by Crippen LogP contribution is 2.53. The zero-order valence-corrected chi connectivity index (χ0v) is 24.6. The lowest BCUT2D eigenvalue weighted by molar-refractivity contribution is 0.367. The van der Waals surface area contributed by atoms with Crippen LogP contribution in [-0.4, -0.2) is 68.9 Å². The predicted octanol–water partition coefficient (Wildman–Crippen LogP) is 0.872. The van der Waals surface area contributed by atoms with E-state index in [2.05, 4.69) is 10.9 Å². The summed E-state index contributed by atoms with van der Waals surface area (Å²) in [6.45, 7) is 0. The molecule has 0 unspecified atom stereocenters. The SMILES string of the molecule is O=S(=O)(O)c1cc2c(cc1NNc1ccc3ccccc3c1)C(S(=O)(=O)O)(S(=O)(=O)O)CC(S(=O)(=O)O)(S(=O)(=O)O)C2. The van der Waals surface area contributed by atoms with Gasteiger partial charge in [-0.2, -0.15) is 42.1 Å². The summed E-state index contributed by atoms with van der Waals surface area (Å²) in [5, 5.41) is 1.48. The lowest BCUT2D eigenvalue weighted by Gasteiger charge is -2.41. The van der Waals surface area contributed by atoms with E-state index >= 15 is 0 Å². The molecule has 0 saturated carbocycles. The third-order valence-electron chi connectivity index (χ3n) is 6.72. The molecule has 0 atom stereocenters. The average molecular weight is 689 g/mol. The highest BCUT2D eigenvalue weighted by atomic mass is 32.3. The van der Waals surface area contributed by atoms with Crippen molar-refractivity contribution < 1.29 is 64.9 Å². The first-order valence-corrected chi connectivity index (χ1v) is 18.2. The molecule has 7 N–H and O–H groups in total. The molecule has 0 bridgehead atoms. The van der Waals surface area contributed by atoms with Gasteiger partial charge in [-0.1, -0.05) is 30.3 Å². The summed E-state index contributed by atoms with van der Waals surface area (Å²) < 4.78 is 165. The molecule has 0 heterocycles. The van der Waals surface area contributed by atoms with Crippen LogP contribution in [0.3, 0.4) is 0 Å². The maximum Gasteiger partial charge on any atom is 0.296 e. The van der Waals surface area contributed by atoms with Crippen LogP contribution in [0.2, 0.25) is 0 Å². The Morgan fingerprint density at radius 3 is 1.67 bits per heavy atom. The Hall–Kier alpha value is -2.93. The minimum absolute atomic E-state index is 0.236. The van der Waals surface area contributed by atoms with Crippen molar-refractivity contribution in [3.63, 3.8) is 0 Å². The number of hydrogen-bond donors (Lipinski definition) is 7. The fourth-order valence-corrected chi connectivity index (χ4v) is 11.2. The van der Waals surface area contributed by atoms with Gasteiger partial charge >= 0.3 is 0 Å². The normalized spacial score (nSPS) is 17.4. The zero-order valence-electron chi connectivity index (χ0n) is 20.5. The lowest BCUT2D eigenvalue weighted by Crippen LogP contribution is -2.60. The number of benzene rings is 3. The summed E-state index contributed by atoms with van der Waals surface area (Å²) in [5.41, 5.74) is 1.80. The molecule has 1 aliphatic carbocycles. The number of rotatable bonds is 8. The Morgan fingerprint density at radius 1 is 0.619 bits per heavy atom. The highest BCUT2D eigenvalue weighted by Gasteiger charge is 2.71. The number of fused-ring (bicyclic) bond motifs is 2. The van der Waals surface area contributed by atoms with Crippen molar-refractivity contribution in [3.8, 4) is 0 Å². The molecule has 0 saturated heterocycles. The van der Waals surface area contributed by atoms with Crippen LogP contribution in [0.15, 0.2) is 59.5 Å². The van der Waals surface area contributed by atoms with E-state index in [0.717, 1.165) is 5.39 Å². The summed E-state index contributed by atoms with van der Waals surface area (Å²) in [4.78, 5) is -1.21. The first-order chi connectivity index (χ1) is 18.9. The molecule has 42 heavy (non-hydrogen) atoms. The molecule has 22 heteroatoms. The molecule has 3 aromatic carbocycles. The molecule has 0 radical (unpaired) electrons. The molecule has 0 fully saturated rings. The first kappa shape index (κ1) is 32.0. The topological polar surface area (TPSA) is 296 Å². The Labute approximate surface area is 239 Å². The number of anilines is 2. The molecule has 1 aliphatic rings. The van der Waals surface area contributed by atoms with E-state index in [4.69, 9.17) is 0 Å². The van der Waals surface area contributed by atoms with E-state index in [-0.39, 0.29) is 11.8 Å². The van der Waals surface area contributed by atoms with Gasteiger partial charge in [0.05, 0.1) is 11.4 Å². The monoisotopic (exact) mass is 688 g/mol. The van der Waals surface area contributed by atoms with Gasteiger partial charge in [0.1, 0.15) is 4.90 Å². The summed E-state index contributed by atoms with van der Waals surface area (Å²) in [6.07, 6.45) is -4.10. The molecule has 4 rings (SSSR count). The molecular formula is C20H20N2O15S5. The van der Waals surface area contributed by atoms with Gasteiger partial charge in [-0.15, -0.1) is 0 Å². The average Bonchev–Trinajstić information content (AvgIpc) is 2.82. The maximum absolute atomic E-state index is 12.6. The van der Waals surface area contributed by atoms with Crippen LogP contribution in [0.4, 0.5) is 11.4 Å². The van der Waals surface area contributed by atoms with Gasteiger partial charge in [0, 0.05) is 12.8 Å². The van der Waals surface area contributed by atoms with Crippen LogP contribution in [0, 0.1) is 0 Å². The third-order valence-corrected chi connectivity index (χ3v) is 15.0. The molecule has 0 amide bonds. The maximum atomic E-state index is 12.6. The summed E-state index contributed by atoms with van der Waals surface area (Å²) in [6, 6.07) is 12.3. The second kappa shape index (κ2) is 9.80. The quantitative estimate of drug-likeness (QED) is 0.128. The summed E-state index contributed by atoms with van der Waals surface area (Å²) in [7, 11) is -30.5. The second-order valence-corrected chi connectivity index (χ2v) is 17.9.